The predicted octanol–water partition coefficient (Wildman–Crippen LogP) is 3.29. The summed E-state index contributed by atoms with van der Waals surface area (Å²) in [6.45, 7) is 2.12. The molecule has 2 unspecified atom stereocenters. The Morgan fingerprint density at radius 1 is 1.35 bits per heavy atom. The van der Waals surface area contributed by atoms with Crippen molar-refractivity contribution in [2.45, 2.75) is 50.8 Å². The van der Waals surface area contributed by atoms with Gasteiger partial charge >= 0.3 is 0 Å². The molecule has 1 aliphatic rings. The van der Waals surface area contributed by atoms with Crippen LogP contribution in [-0.4, -0.2) is 17.3 Å². The fourth-order valence-corrected chi connectivity index (χ4v) is 2.70. The van der Waals surface area contributed by atoms with Gasteiger partial charge in [0, 0.05) is 17.1 Å². The number of aliphatic hydroxyl groups is 1. The number of nitrogens with one attached hydrogen (secondary N) is 1. The van der Waals surface area contributed by atoms with Crippen LogP contribution >= 0.6 is 11.6 Å². The van der Waals surface area contributed by atoms with E-state index in [4.69, 9.17) is 11.6 Å². The largest absolute Gasteiger partial charge is 0.392 e. The van der Waals surface area contributed by atoms with Crippen LogP contribution in [0.4, 0.5) is 0 Å². The van der Waals surface area contributed by atoms with E-state index >= 15 is 0 Å². The Hall–Kier alpha value is -0.570. The normalized spacial score (nSPS) is 26.8. The molecule has 3 heteroatoms. The Morgan fingerprint density at radius 3 is 2.82 bits per heavy atom. The van der Waals surface area contributed by atoms with E-state index in [1.165, 1.54) is 12.0 Å². The van der Waals surface area contributed by atoms with Gasteiger partial charge in [0.15, 0.2) is 0 Å². The molecule has 0 heterocycles. The molecule has 0 aliphatic heterocycles. The first-order valence-corrected chi connectivity index (χ1v) is 6.74. The minimum atomic E-state index is -0.203. The molecule has 0 radical (unpaired) electrons. The van der Waals surface area contributed by atoms with Gasteiger partial charge in [-0.2, -0.15) is 0 Å². The average molecular weight is 254 g/mol. The molecular formula is C14H20ClNO. The van der Waals surface area contributed by atoms with Crippen molar-refractivity contribution < 1.29 is 5.11 Å². The maximum atomic E-state index is 9.93. The van der Waals surface area contributed by atoms with E-state index in [0.717, 1.165) is 24.3 Å². The second-order valence-corrected chi connectivity index (χ2v) is 5.34. The summed E-state index contributed by atoms with van der Waals surface area (Å²) in [6.07, 6.45) is 4.12. The van der Waals surface area contributed by atoms with E-state index in [1.54, 1.807) is 0 Å². The van der Waals surface area contributed by atoms with Gasteiger partial charge in [0.2, 0.25) is 0 Å². The minimum Gasteiger partial charge on any atom is -0.392 e. The lowest BCUT2D eigenvalue weighted by Crippen LogP contribution is -2.43. The molecule has 1 aromatic rings. The first-order valence-electron chi connectivity index (χ1n) is 6.36. The highest BCUT2D eigenvalue weighted by atomic mass is 35.5. The molecule has 94 valence electrons. The van der Waals surface area contributed by atoms with Crippen LogP contribution in [0.2, 0.25) is 5.02 Å². The SMILES string of the molecule is C[C@@H](NC1CCCCC1O)c1cccc(Cl)c1. The summed E-state index contributed by atoms with van der Waals surface area (Å²) >= 11 is 5.98. The van der Waals surface area contributed by atoms with Crippen LogP contribution in [0.3, 0.4) is 0 Å². The molecule has 1 aromatic carbocycles. The smallest absolute Gasteiger partial charge is 0.0693 e. The van der Waals surface area contributed by atoms with Gasteiger partial charge in [-0.3, -0.25) is 0 Å². The third-order valence-corrected chi connectivity index (χ3v) is 3.78. The Balaban J connectivity index is 1.98. The van der Waals surface area contributed by atoms with Gasteiger partial charge in [0.05, 0.1) is 6.10 Å². The summed E-state index contributed by atoms with van der Waals surface area (Å²) in [6, 6.07) is 8.34. The summed E-state index contributed by atoms with van der Waals surface area (Å²) < 4.78 is 0. The van der Waals surface area contributed by atoms with E-state index < -0.39 is 0 Å². The number of hydrogen-bond donors (Lipinski definition) is 2. The van der Waals surface area contributed by atoms with Crippen molar-refractivity contribution in [3.63, 3.8) is 0 Å². The van der Waals surface area contributed by atoms with E-state index in [1.807, 2.05) is 18.2 Å². The molecule has 0 amide bonds. The summed E-state index contributed by atoms with van der Waals surface area (Å²) in [4.78, 5) is 0. The van der Waals surface area contributed by atoms with Crippen LogP contribution in [0.5, 0.6) is 0 Å². The van der Waals surface area contributed by atoms with Gasteiger partial charge in [-0.25, -0.2) is 0 Å². The zero-order valence-corrected chi connectivity index (χ0v) is 11.0. The van der Waals surface area contributed by atoms with Crippen LogP contribution in [0.1, 0.15) is 44.2 Å². The van der Waals surface area contributed by atoms with Crippen molar-refractivity contribution in [3.05, 3.63) is 34.9 Å². The monoisotopic (exact) mass is 253 g/mol. The minimum absolute atomic E-state index is 0.203. The fourth-order valence-electron chi connectivity index (χ4n) is 2.50. The molecular weight excluding hydrogens is 234 g/mol. The van der Waals surface area contributed by atoms with Gasteiger partial charge in [-0.05, 0) is 37.5 Å². The quantitative estimate of drug-likeness (QED) is 0.867. The Labute approximate surface area is 108 Å². The van der Waals surface area contributed by atoms with Gasteiger partial charge in [0.25, 0.3) is 0 Å². The molecule has 0 saturated heterocycles. The van der Waals surface area contributed by atoms with Crippen molar-refractivity contribution in [3.8, 4) is 0 Å². The van der Waals surface area contributed by atoms with Crippen LogP contribution in [0.25, 0.3) is 0 Å². The lowest BCUT2D eigenvalue weighted by molar-refractivity contribution is 0.0860. The van der Waals surface area contributed by atoms with Crippen LogP contribution in [0, 0.1) is 0 Å². The molecule has 3 atom stereocenters. The molecule has 1 saturated carbocycles. The standard InChI is InChI=1S/C14H20ClNO/c1-10(11-5-4-6-12(15)9-11)16-13-7-2-3-8-14(13)17/h4-6,9-10,13-14,16-17H,2-3,7-8H2,1H3/t10-,13?,14?/m1/s1. The van der Waals surface area contributed by atoms with Crippen LogP contribution < -0.4 is 5.32 Å². The molecule has 1 aliphatic carbocycles. The van der Waals surface area contributed by atoms with E-state index in [0.29, 0.717) is 0 Å². The Kier molecular flexibility index (Phi) is 4.43. The number of hydrogen-bond acceptors (Lipinski definition) is 2. The van der Waals surface area contributed by atoms with E-state index in [2.05, 4.69) is 18.3 Å². The highest BCUT2D eigenvalue weighted by Crippen LogP contribution is 2.23. The summed E-state index contributed by atoms with van der Waals surface area (Å²) in [7, 11) is 0. The molecule has 0 spiro atoms. The van der Waals surface area contributed by atoms with Gasteiger partial charge in [-0.1, -0.05) is 36.6 Å². The predicted molar refractivity (Wildman–Crippen MR) is 71.3 cm³/mol. The second-order valence-electron chi connectivity index (χ2n) is 4.90. The number of benzene rings is 1. The Morgan fingerprint density at radius 2 is 2.12 bits per heavy atom. The Bertz CT molecular complexity index is 369. The number of halogens is 1. The highest BCUT2D eigenvalue weighted by molar-refractivity contribution is 6.30. The molecule has 2 rings (SSSR count). The van der Waals surface area contributed by atoms with Crippen molar-refractivity contribution in [2.75, 3.05) is 0 Å². The van der Waals surface area contributed by atoms with Crippen molar-refractivity contribution in [1.29, 1.82) is 0 Å². The third-order valence-electron chi connectivity index (χ3n) is 3.54. The van der Waals surface area contributed by atoms with Gasteiger partial charge in [-0.15, -0.1) is 0 Å². The summed E-state index contributed by atoms with van der Waals surface area (Å²) in [5, 5.41) is 14.2. The first-order chi connectivity index (χ1) is 8.16. The molecule has 17 heavy (non-hydrogen) atoms. The zero-order chi connectivity index (χ0) is 12.3. The third kappa shape index (κ3) is 3.44. The van der Waals surface area contributed by atoms with Crippen molar-refractivity contribution in [1.82, 2.24) is 5.32 Å². The maximum Gasteiger partial charge on any atom is 0.0693 e. The lowest BCUT2D eigenvalue weighted by Gasteiger charge is -2.31. The number of rotatable bonds is 3. The molecule has 2 N–H and O–H groups in total. The average Bonchev–Trinajstić information content (AvgIpc) is 2.32. The molecule has 1 fully saturated rings. The second kappa shape index (κ2) is 5.85. The van der Waals surface area contributed by atoms with Gasteiger partial charge in [0.1, 0.15) is 0 Å². The zero-order valence-electron chi connectivity index (χ0n) is 10.2. The molecule has 0 bridgehead atoms. The summed E-state index contributed by atoms with van der Waals surface area (Å²) in [5.41, 5.74) is 1.18. The fraction of sp³-hybridized carbons (Fsp3) is 0.571. The lowest BCUT2D eigenvalue weighted by atomic mass is 9.91. The summed E-state index contributed by atoms with van der Waals surface area (Å²) in [5.74, 6) is 0. The van der Waals surface area contributed by atoms with Gasteiger partial charge < -0.3 is 10.4 Å². The van der Waals surface area contributed by atoms with Crippen LogP contribution in [0.15, 0.2) is 24.3 Å². The topological polar surface area (TPSA) is 32.3 Å². The van der Waals surface area contributed by atoms with Crippen LogP contribution in [-0.2, 0) is 0 Å². The first kappa shape index (κ1) is 12.9. The maximum absolute atomic E-state index is 9.93. The molecule has 2 nitrogen and oxygen atoms in total. The van der Waals surface area contributed by atoms with Crippen molar-refractivity contribution >= 4 is 11.6 Å². The number of aliphatic hydroxyl groups excluding tert-OH is 1. The highest BCUT2D eigenvalue weighted by Gasteiger charge is 2.24. The molecule has 0 aromatic heterocycles. The van der Waals surface area contributed by atoms with E-state index in [-0.39, 0.29) is 18.2 Å². The van der Waals surface area contributed by atoms with Crippen molar-refractivity contribution in [2.24, 2.45) is 0 Å². The van der Waals surface area contributed by atoms with E-state index in [9.17, 15) is 5.11 Å².